The van der Waals surface area contributed by atoms with E-state index in [-0.39, 0.29) is 29.5 Å². The summed E-state index contributed by atoms with van der Waals surface area (Å²) in [6.07, 6.45) is 7.74. The molecule has 3 aromatic rings. The fourth-order valence-corrected chi connectivity index (χ4v) is 8.92. The molecule has 0 amide bonds. The summed E-state index contributed by atoms with van der Waals surface area (Å²) in [5, 5.41) is 10.8. The van der Waals surface area contributed by atoms with E-state index < -0.39 is 5.09 Å². The van der Waals surface area contributed by atoms with Crippen LogP contribution in [0.4, 0.5) is 4.39 Å². The van der Waals surface area contributed by atoms with Crippen LogP contribution in [0.1, 0.15) is 54.6 Å². The Labute approximate surface area is 224 Å². The maximum absolute atomic E-state index is 14.3. The molecular formula is C30H30FNO5S. The van der Waals surface area contributed by atoms with Crippen molar-refractivity contribution in [3.63, 3.8) is 0 Å². The summed E-state index contributed by atoms with van der Waals surface area (Å²) in [6.45, 7) is 0.391. The first kappa shape index (κ1) is 24.1. The third-order valence-corrected chi connectivity index (χ3v) is 10.7. The lowest BCUT2D eigenvalue weighted by Gasteiger charge is -2.53. The molecular weight excluding hydrogens is 505 g/mol. The molecule has 5 aliphatic carbocycles. The van der Waals surface area contributed by atoms with Gasteiger partial charge in [-0.25, -0.2) is 4.39 Å². The second-order valence-corrected chi connectivity index (χ2v) is 13.1. The Morgan fingerprint density at radius 2 is 1.68 bits per heavy atom. The van der Waals surface area contributed by atoms with Crippen LogP contribution in [0.5, 0.6) is 5.75 Å². The predicted octanol–water partition coefficient (Wildman–Crippen LogP) is 7.33. The van der Waals surface area contributed by atoms with Gasteiger partial charge in [-0.2, -0.15) is 0 Å². The summed E-state index contributed by atoms with van der Waals surface area (Å²) < 4.78 is 20.8. The smallest absolute Gasteiger partial charge is 0.294 e. The standard InChI is InChI=1S/C30H30FNO5S/c31-22-3-1-19(2-4-22)27-24-6-5-23(36-15-30(7-8-30)16-37-32(34)35)14-25(24)38-29(27)28(33)26-20-10-17-9-18(12-20)13-21(26)11-17/h1-6,14,17-18,20-21,26H,7-13,15-16H2. The van der Waals surface area contributed by atoms with E-state index in [1.807, 2.05) is 18.2 Å². The number of nitrogens with zero attached hydrogens (tertiary/aromatic N) is 1. The molecule has 0 aliphatic heterocycles. The number of rotatable bonds is 9. The molecule has 4 bridgehead atoms. The molecule has 5 fully saturated rings. The molecule has 1 aromatic heterocycles. The number of Topliss-reactive ketones (excluding diaryl/α,β-unsaturated/α-hetero) is 1. The molecule has 8 rings (SSSR count). The van der Waals surface area contributed by atoms with Crippen LogP contribution >= 0.6 is 11.3 Å². The number of fused-ring (bicyclic) bond motifs is 1. The molecule has 5 aliphatic rings. The molecule has 2 aromatic carbocycles. The maximum atomic E-state index is 14.3. The lowest BCUT2D eigenvalue weighted by molar-refractivity contribution is -0.760. The molecule has 1 heterocycles. The van der Waals surface area contributed by atoms with E-state index in [9.17, 15) is 19.3 Å². The Morgan fingerprint density at radius 1 is 1.00 bits per heavy atom. The number of hydrogen-bond donors (Lipinski definition) is 0. The zero-order chi connectivity index (χ0) is 26.0. The second-order valence-electron chi connectivity index (χ2n) is 12.1. The third kappa shape index (κ3) is 4.27. The van der Waals surface area contributed by atoms with E-state index in [1.165, 1.54) is 55.6 Å². The van der Waals surface area contributed by atoms with Crippen LogP contribution in [0, 0.1) is 50.9 Å². The number of halogens is 1. The third-order valence-electron chi connectivity index (χ3n) is 9.53. The molecule has 0 N–H and O–H groups in total. The fourth-order valence-electron chi connectivity index (χ4n) is 7.68. The van der Waals surface area contributed by atoms with E-state index >= 15 is 0 Å². The van der Waals surface area contributed by atoms with E-state index in [1.54, 1.807) is 12.1 Å². The topological polar surface area (TPSA) is 78.7 Å². The normalized spacial score (nSPS) is 28.4. The average molecular weight is 536 g/mol. The fraction of sp³-hybridized carbons (Fsp3) is 0.500. The van der Waals surface area contributed by atoms with E-state index in [0.29, 0.717) is 24.2 Å². The number of hydrogen-bond acceptors (Lipinski definition) is 6. The van der Waals surface area contributed by atoms with Gasteiger partial charge in [0.25, 0.3) is 5.09 Å². The van der Waals surface area contributed by atoms with Crippen molar-refractivity contribution in [3.05, 3.63) is 63.3 Å². The first-order valence-corrected chi connectivity index (χ1v) is 14.5. The van der Waals surface area contributed by atoms with Crippen LogP contribution in [0.15, 0.2) is 42.5 Å². The SMILES string of the molecule is O=C(c1sc2cc(OCC3(CO[N+](=O)[O-])CC3)ccc2c1-c1ccc(F)cc1)C1C2CC3CC(C2)CC1C3. The largest absolute Gasteiger partial charge is 0.493 e. The van der Waals surface area contributed by atoms with Gasteiger partial charge in [0.15, 0.2) is 5.78 Å². The van der Waals surface area contributed by atoms with Gasteiger partial charge < -0.3 is 9.57 Å². The molecule has 198 valence electrons. The molecule has 0 atom stereocenters. The van der Waals surface area contributed by atoms with Gasteiger partial charge >= 0.3 is 0 Å². The quantitative estimate of drug-likeness (QED) is 0.163. The van der Waals surface area contributed by atoms with Crippen molar-refractivity contribution in [3.8, 4) is 16.9 Å². The second kappa shape index (κ2) is 9.04. The zero-order valence-electron chi connectivity index (χ0n) is 21.1. The first-order valence-electron chi connectivity index (χ1n) is 13.6. The minimum Gasteiger partial charge on any atom is -0.493 e. The Morgan fingerprint density at radius 3 is 2.32 bits per heavy atom. The number of carbonyl (C=O) groups is 1. The number of benzene rings is 2. The van der Waals surface area contributed by atoms with E-state index in [0.717, 1.165) is 50.8 Å². The average Bonchev–Trinajstić information content (AvgIpc) is 3.57. The van der Waals surface area contributed by atoms with Crippen molar-refractivity contribution in [2.24, 2.45) is 35.0 Å². The molecule has 38 heavy (non-hydrogen) atoms. The minimum absolute atomic E-state index is 0.0417. The summed E-state index contributed by atoms with van der Waals surface area (Å²) in [5.74, 6) is 3.28. The van der Waals surface area contributed by atoms with E-state index in [4.69, 9.17) is 4.74 Å². The summed E-state index contributed by atoms with van der Waals surface area (Å²) in [6, 6.07) is 12.3. The minimum atomic E-state index is -0.753. The van der Waals surface area contributed by atoms with Crippen molar-refractivity contribution < 1.29 is 23.8 Å². The summed E-state index contributed by atoms with van der Waals surface area (Å²) in [7, 11) is 0. The van der Waals surface area contributed by atoms with Gasteiger partial charge in [0.2, 0.25) is 0 Å². The van der Waals surface area contributed by atoms with Gasteiger partial charge in [-0.1, -0.05) is 12.1 Å². The van der Waals surface area contributed by atoms with Crippen LogP contribution in [0.2, 0.25) is 0 Å². The molecule has 0 saturated heterocycles. The number of ketones is 1. The lowest BCUT2D eigenvalue weighted by atomic mass is 9.51. The van der Waals surface area contributed by atoms with Crippen LogP contribution in [0.3, 0.4) is 0 Å². The monoisotopic (exact) mass is 535 g/mol. The Hall–Kier alpha value is -3.00. The molecule has 0 unspecified atom stereocenters. The molecule has 0 spiro atoms. The molecule has 5 saturated carbocycles. The van der Waals surface area contributed by atoms with Crippen molar-refractivity contribution in [1.82, 2.24) is 0 Å². The Bertz CT molecular complexity index is 1380. The van der Waals surface area contributed by atoms with Crippen molar-refractivity contribution in [1.29, 1.82) is 0 Å². The summed E-state index contributed by atoms with van der Waals surface area (Å²) in [5.41, 5.74) is 1.44. The van der Waals surface area contributed by atoms with Crippen LogP contribution in [-0.4, -0.2) is 24.1 Å². The maximum Gasteiger partial charge on any atom is 0.294 e. The molecule has 0 radical (unpaired) electrons. The van der Waals surface area contributed by atoms with Gasteiger partial charge in [0, 0.05) is 27.0 Å². The van der Waals surface area contributed by atoms with Gasteiger partial charge in [0.1, 0.15) is 18.2 Å². The van der Waals surface area contributed by atoms with Crippen molar-refractivity contribution in [2.75, 3.05) is 13.2 Å². The van der Waals surface area contributed by atoms with Gasteiger partial charge in [-0.05, 0) is 105 Å². The number of carbonyl (C=O) groups excluding carboxylic acids is 1. The lowest BCUT2D eigenvalue weighted by Crippen LogP contribution is -2.47. The van der Waals surface area contributed by atoms with Crippen LogP contribution in [-0.2, 0) is 4.84 Å². The van der Waals surface area contributed by atoms with Crippen molar-refractivity contribution >= 4 is 27.2 Å². The number of thiophene rings is 1. The number of ether oxygens (including phenoxy) is 1. The highest BCUT2D eigenvalue weighted by Gasteiger charge is 2.51. The van der Waals surface area contributed by atoms with Gasteiger partial charge in [-0.15, -0.1) is 21.5 Å². The van der Waals surface area contributed by atoms with Crippen molar-refractivity contribution in [2.45, 2.75) is 44.9 Å². The Balaban J connectivity index is 1.22. The Kier molecular flexibility index (Phi) is 5.73. The van der Waals surface area contributed by atoms with E-state index in [2.05, 4.69) is 4.84 Å². The van der Waals surface area contributed by atoms with Crippen LogP contribution < -0.4 is 4.74 Å². The first-order chi connectivity index (χ1) is 18.4. The summed E-state index contributed by atoms with van der Waals surface area (Å²) >= 11 is 1.52. The van der Waals surface area contributed by atoms with Crippen LogP contribution in [0.25, 0.3) is 21.2 Å². The van der Waals surface area contributed by atoms with Gasteiger partial charge in [-0.3, -0.25) is 4.79 Å². The highest BCUT2D eigenvalue weighted by atomic mass is 32.1. The highest BCUT2D eigenvalue weighted by Crippen LogP contribution is 2.58. The zero-order valence-corrected chi connectivity index (χ0v) is 21.9. The predicted molar refractivity (Wildman–Crippen MR) is 142 cm³/mol. The molecule has 6 nitrogen and oxygen atoms in total. The summed E-state index contributed by atoms with van der Waals surface area (Å²) in [4.78, 5) is 30.3. The van der Waals surface area contributed by atoms with Gasteiger partial charge in [0.05, 0.1) is 11.5 Å². The highest BCUT2D eigenvalue weighted by molar-refractivity contribution is 7.21. The molecule has 8 heteroatoms.